The van der Waals surface area contributed by atoms with Gasteiger partial charge in [-0.05, 0) is 48.9 Å². The van der Waals surface area contributed by atoms with Crippen LogP contribution in [0.25, 0.3) is 0 Å². The number of imide groups is 1. The monoisotopic (exact) mass is 426 g/mol. The van der Waals surface area contributed by atoms with Crippen molar-refractivity contribution in [2.45, 2.75) is 12.5 Å². The molecule has 0 aliphatic carbocycles. The second-order valence-corrected chi connectivity index (χ2v) is 7.01. The second-order valence-electron chi connectivity index (χ2n) is 7.01. The lowest BCUT2D eigenvalue weighted by molar-refractivity contribution is -0.133. The molecule has 0 unspecified atom stereocenters. The number of carbonyl (C=O) groups excluding carboxylic acids is 4. The van der Waals surface area contributed by atoms with Crippen molar-refractivity contribution < 1.29 is 28.7 Å². The lowest BCUT2D eigenvalue weighted by Crippen LogP contribution is -2.42. The number of nitrogens with zero attached hydrogens (tertiary/aromatic N) is 1. The summed E-state index contributed by atoms with van der Waals surface area (Å²) in [6.45, 7) is 1.07. The van der Waals surface area contributed by atoms with Crippen molar-refractivity contribution in [1.29, 1.82) is 0 Å². The van der Waals surface area contributed by atoms with E-state index in [4.69, 9.17) is 15.2 Å². The number of methoxy groups -OCH3 is 2. The summed E-state index contributed by atoms with van der Waals surface area (Å²) in [5.74, 6) is -0.869. The Balaban J connectivity index is 1.75. The Bertz CT molecular complexity index is 1050. The van der Waals surface area contributed by atoms with Gasteiger partial charge in [0.2, 0.25) is 11.8 Å². The molecule has 10 heteroatoms. The first-order valence-corrected chi connectivity index (χ1v) is 9.26. The summed E-state index contributed by atoms with van der Waals surface area (Å²) >= 11 is 0. The summed E-state index contributed by atoms with van der Waals surface area (Å²) in [5, 5.41) is 5.21. The zero-order valence-electron chi connectivity index (χ0n) is 17.2. The van der Waals surface area contributed by atoms with Crippen LogP contribution in [0.4, 0.5) is 10.5 Å². The molecule has 0 saturated carbocycles. The van der Waals surface area contributed by atoms with E-state index in [1.807, 2.05) is 0 Å². The van der Waals surface area contributed by atoms with Crippen molar-refractivity contribution in [2.75, 3.05) is 26.1 Å². The molecule has 4 N–H and O–H groups in total. The van der Waals surface area contributed by atoms with E-state index >= 15 is 0 Å². The molecule has 10 nitrogen and oxygen atoms in total. The minimum Gasteiger partial charge on any atom is -0.493 e. The molecule has 1 fully saturated rings. The van der Waals surface area contributed by atoms with Gasteiger partial charge >= 0.3 is 6.03 Å². The van der Waals surface area contributed by atoms with Gasteiger partial charge < -0.3 is 25.8 Å². The third-order valence-electron chi connectivity index (χ3n) is 4.99. The van der Waals surface area contributed by atoms with E-state index in [2.05, 4.69) is 10.6 Å². The largest absolute Gasteiger partial charge is 0.493 e. The number of benzene rings is 2. The summed E-state index contributed by atoms with van der Waals surface area (Å²) in [6, 6.07) is 10.1. The van der Waals surface area contributed by atoms with Gasteiger partial charge in [0.15, 0.2) is 11.5 Å². The van der Waals surface area contributed by atoms with Crippen molar-refractivity contribution in [3.63, 3.8) is 0 Å². The quantitative estimate of drug-likeness (QED) is 0.569. The second kappa shape index (κ2) is 8.34. The molecule has 3 rings (SSSR count). The maximum Gasteiger partial charge on any atom is 0.325 e. The van der Waals surface area contributed by atoms with Crippen LogP contribution in [0.2, 0.25) is 0 Å². The van der Waals surface area contributed by atoms with Crippen molar-refractivity contribution in [2.24, 2.45) is 5.73 Å². The molecule has 0 radical (unpaired) electrons. The molecule has 162 valence electrons. The zero-order chi connectivity index (χ0) is 22.8. The molecular formula is C21H22N4O6. The van der Waals surface area contributed by atoms with E-state index in [9.17, 15) is 19.2 Å². The van der Waals surface area contributed by atoms with E-state index in [0.717, 1.165) is 4.90 Å². The standard InChI is InChI=1S/C21H22N4O6/c1-21(13-6-9-15(30-2)16(10-13)31-3)19(28)25(20(29)24-21)11-17(26)23-14-7-4-12(5-8-14)18(22)27/h4-10H,11H2,1-3H3,(H2,22,27)(H,23,26)(H,24,29)/t21-/m1/s1. The molecule has 1 aliphatic heterocycles. The molecule has 1 heterocycles. The maximum absolute atomic E-state index is 13.0. The van der Waals surface area contributed by atoms with Crippen molar-refractivity contribution in [3.05, 3.63) is 53.6 Å². The third kappa shape index (κ3) is 4.13. The fourth-order valence-electron chi connectivity index (χ4n) is 3.25. The van der Waals surface area contributed by atoms with Crippen LogP contribution < -0.4 is 25.8 Å². The molecule has 31 heavy (non-hydrogen) atoms. The molecule has 0 aromatic heterocycles. The molecule has 2 aromatic carbocycles. The SMILES string of the molecule is COc1ccc([C@@]2(C)NC(=O)N(CC(=O)Nc3ccc(C(N)=O)cc3)C2=O)cc1OC. The third-order valence-corrected chi connectivity index (χ3v) is 4.99. The van der Waals surface area contributed by atoms with Crippen molar-refractivity contribution in [3.8, 4) is 11.5 Å². The average Bonchev–Trinajstić information content (AvgIpc) is 2.97. The highest BCUT2D eigenvalue weighted by atomic mass is 16.5. The summed E-state index contributed by atoms with van der Waals surface area (Å²) in [4.78, 5) is 49.9. The van der Waals surface area contributed by atoms with E-state index in [0.29, 0.717) is 22.7 Å². The molecule has 1 saturated heterocycles. The van der Waals surface area contributed by atoms with Gasteiger partial charge in [-0.1, -0.05) is 6.07 Å². The zero-order valence-corrected chi connectivity index (χ0v) is 17.2. The molecular weight excluding hydrogens is 404 g/mol. The summed E-state index contributed by atoms with van der Waals surface area (Å²) in [6.07, 6.45) is 0. The van der Waals surface area contributed by atoms with Crippen LogP contribution in [0.1, 0.15) is 22.8 Å². The van der Waals surface area contributed by atoms with Gasteiger partial charge in [0.1, 0.15) is 12.1 Å². The Morgan fingerprint density at radius 2 is 1.71 bits per heavy atom. The van der Waals surface area contributed by atoms with Crippen molar-refractivity contribution in [1.82, 2.24) is 10.2 Å². The van der Waals surface area contributed by atoms with Gasteiger partial charge in [-0.2, -0.15) is 0 Å². The van der Waals surface area contributed by atoms with Gasteiger partial charge in [0, 0.05) is 11.3 Å². The minimum absolute atomic E-state index is 0.290. The first kappa shape index (κ1) is 21.6. The number of nitrogens with two attached hydrogens (primary N) is 1. The van der Waals surface area contributed by atoms with Crippen LogP contribution in [0.15, 0.2) is 42.5 Å². The highest BCUT2D eigenvalue weighted by Gasteiger charge is 2.49. The fraction of sp³-hybridized carbons (Fsp3) is 0.238. The Labute approximate surface area is 178 Å². The number of hydrogen-bond donors (Lipinski definition) is 3. The smallest absolute Gasteiger partial charge is 0.325 e. The Morgan fingerprint density at radius 1 is 1.06 bits per heavy atom. The van der Waals surface area contributed by atoms with Gasteiger partial charge in [0.05, 0.1) is 14.2 Å². The average molecular weight is 426 g/mol. The van der Waals surface area contributed by atoms with Crippen LogP contribution in [-0.2, 0) is 15.1 Å². The first-order chi connectivity index (χ1) is 14.7. The normalized spacial score (nSPS) is 17.8. The summed E-state index contributed by atoms with van der Waals surface area (Å²) in [7, 11) is 2.95. The van der Waals surface area contributed by atoms with Gasteiger partial charge in [0.25, 0.3) is 5.91 Å². The molecule has 5 amide bonds. The number of nitrogens with one attached hydrogen (secondary N) is 2. The number of ether oxygens (including phenoxy) is 2. The Morgan fingerprint density at radius 3 is 2.29 bits per heavy atom. The number of primary amides is 1. The number of urea groups is 1. The number of rotatable bonds is 7. The van der Waals surface area contributed by atoms with Gasteiger partial charge in [-0.15, -0.1) is 0 Å². The molecule has 1 atom stereocenters. The fourth-order valence-corrected chi connectivity index (χ4v) is 3.25. The molecule has 0 bridgehead atoms. The van der Waals surface area contributed by atoms with Crippen LogP contribution >= 0.6 is 0 Å². The number of hydrogen-bond acceptors (Lipinski definition) is 6. The number of anilines is 1. The van der Waals surface area contributed by atoms with Crippen molar-refractivity contribution >= 4 is 29.4 Å². The number of amides is 5. The summed E-state index contributed by atoms with van der Waals surface area (Å²) < 4.78 is 10.5. The lowest BCUT2D eigenvalue weighted by Gasteiger charge is -2.23. The highest BCUT2D eigenvalue weighted by Crippen LogP contribution is 2.35. The lowest BCUT2D eigenvalue weighted by atomic mass is 9.91. The Kier molecular flexibility index (Phi) is 5.82. The highest BCUT2D eigenvalue weighted by molar-refractivity contribution is 6.10. The maximum atomic E-state index is 13.0. The molecule has 2 aromatic rings. The van der Waals surface area contributed by atoms with Crippen LogP contribution in [0, 0.1) is 0 Å². The molecule has 1 aliphatic rings. The summed E-state index contributed by atoms with van der Waals surface area (Å²) in [5.41, 5.74) is 4.97. The van der Waals surface area contributed by atoms with E-state index in [-0.39, 0.29) is 5.56 Å². The van der Waals surface area contributed by atoms with E-state index in [1.165, 1.54) is 38.5 Å². The van der Waals surface area contributed by atoms with E-state index in [1.54, 1.807) is 25.1 Å². The minimum atomic E-state index is -1.37. The number of carbonyl (C=O) groups is 4. The first-order valence-electron chi connectivity index (χ1n) is 9.26. The predicted octanol–water partition coefficient (Wildman–Crippen LogP) is 1.21. The Hall–Kier alpha value is -4.08. The van der Waals surface area contributed by atoms with Crippen LogP contribution in [0.5, 0.6) is 11.5 Å². The van der Waals surface area contributed by atoms with Crippen LogP contribution in [-0.4, -0.2) is 49.4 Å². The molecule has 0 spiro atoms. The van der Waals surface area contributed by atoms with E-state index < -0.39 is 35.8 Å². The van der Waals surface area contributed by atoms with Gasteiger partial charge in [-0.3, -0.25) is 19.3 Å². The topological polar surface area (TPSA) is 140 Å². The van der Waals surface area contributed by atoms with Crippen LogP contribution in [0.3, 0.4) is 0 Å². The predicted molar refractivity (Wildman–Crippen MR) is 111 cm³/mol. The van der Waals surface area contributed by atoms with Gasteiger partial charge in [-0.25, -0.2) is 4.79 Å².